The fraction of sp³-hybridized carbons (Fsp3) is 0.385. The van der Waals surface area contributed by atoms with Crippen LogP contribution in [0.1, 0.15) is 25.1 Å². The third-order valence-electron chi connectivity index (χ3n) is 2.10. The molecule has 0 aliphatic carbocycles. The molecule has 2 atom stereocenters. The van der Waals surface area contributed by atoms with Crippen molar-refractivity contribution in [2.75, 3.05) is 7.05 Å². The number of rotatable bonds is 2. The summed E-state index contributed by atoms with van der Waals surface area (Å²) in [6.07, 6.45) is 2.01. The predicted molar refractivity (Wildman–Crippen MR) is 69.3 cm³/mol. The number of aliphatic hydroxyl groups excluding tert-OH is 1. The van der Waals surface area contributed by atoms with Crippen molar-refractivity contribution < 1.29 is 25.2 Å². The van der Waals surface area contributed by atoms with Gasteiger partial charge in [-0.3, -0.25) is 4.99 Å². The smallest absolute Gasteiger partial charge is 0.544 e. The van der Waals surface area contributed by atoms with Gasteiger partial charge in [0.25, 0.3) is 0 Å². The number of aliphatic imine (C=N–C) groups is 1. The molecule has 1 N–H and O–H groups in total. The van der Waals surface area contributed by atoms with Crippen LogP contribution in [0.2, 0.25) is 0 Å². The van der Waals surface area contributed by atoms with Crippen LogP contribution in [0, 0.1) is 13.0 Å². The molecular weight excluding hydrogens is 406 g/mol. The minimum Gasteiger partial charge on any atom is -0.544 e. The fourth-order valence-corrected chi connectivity index (χ4v) is 1.10. The van der Waals surface area contributed by atoms with E-state index in [4.69, 9.17) is 5.11 Å². The van der Waals surface area contributed by atoms with Gasteiger partial charge in [-0.05, 0) is 20.1 Å². The molecule has 0 saturated carbocycles. The molecule has 1 aromatic carbocycles. The van der Waals surface area contributed by atoms with Crippen molar-refractivity contribution in [3.8, 4) is 0 Å². The topological polar surface area (TPSA) is 49.9 Å². The molecule has 2 rings (SSSR count). The average molecular weight is 425 g/mol. The first kappa shape index (κ1) is 17.3. The van der Waals surface area contributed by atoms with Gasteiger partial charge in [0.1, 0.15) is 0 Å². The summed E-state index contributed by atoms with van der Waals surface area (Å²) in [5.74, 6) is 0. The van der Waals surface area contributed by atoms with Crippen molar-refractivity contribution in [2.24, 2.45) is 4.99 Å². The minimum atomic E-state index is -0.227. The van der Waals surface area contributed by atoms with E-state index in [1.165, 1.54) is 0 Å². The van der Waals surface area contributed by atoms with Crippen molar-refractivity contribution in [1.29, 1.82) is 0 Å². The Bertz CT molecular complexity index is 343. The zero-order valence-electron chi connectivity index (χ0n) is 10.6. The quantitative estimate of drug-likeness (QED) is 0.741. The Morgan fingerprint density at radius 3 is 2.67 bits per heavy atom. The number of aliphatic hydroxyl groups is 1. The van der Waals surface area contributed by atoms with Crippen LogP contribution in [0.25, 0.3) is 5.43 Å². The van der Waals surface area contributed by atoms with Crippen LogP contribution in [0.5, 0.6) is 0 Å². The van der Waals surface area contributed by atoms with E-state index in [-0.39, 0.29) is 32.4 Å². The molecule has 1 heterocycles. The monoisotopic (exact) mass is 425 g/mol. The van der Waals surface area contributed by atoms with Crippen molar-refractivity contribution in [1.82, 2.24) is 5.01 Å². The van der Waals surface area contributed by atoms with E-state index < -0.39 is 0 Å². The molecule has 1 aliphatic rings. The van der Waals surface area contributed by atoms with Crippen LogP contribution in [0.3, 0.4) is 0 Å². The first-order valence-electron chi connectivity index (χ1n) is 5.54. The van der Waals surface area contributed by atoms with Gasteiger partial charge in [-0.15, -0.1) is 0 Å². The van der Waals surface area contributed by atoms with Gasteiger partial charge < -0.3 is 22.5 Å². The Morgan fingerprint density at radius 1 is 1.61 bits per heavy atom. The predicted octanol–water partition coefficient (Wildman–Crippen LogP) is 2.34. The molecule has 0 spiro atoms. The summed E-state index contributed by atoms with van der Waals surface area (Å²) in [6, 6.07) is 10.9. The van der Waals surface area contributed by atoms with Crippen LogP contribution in [-0.2, 0) is 20.1 Å². The molecule has 18 heavy (non-hydrogen) atoms. The first-order chi connectivity index (χ1) is 8.13. The van der Waals surface area contributed by atoms with Gasteiger partial charge in [0.15, 0.2) is 0 Å². The van der Waals surface area contributed by atoms with E-state index in [1.54, 1.807) is 18.3 Å². The van der Waals surface area contributed by atoms with E-state index in [9.17, 15) is 0 Å². The molecule has 4 nitrogen and oxygen atoms in total. The fourth-order valence-electron chi connectivity index (χ4n) is 1.10. The van der Waals surface area contributed by atoms with Gasteiger partial charge >= 0.3 is 20.1 Å². The standard InChI is InChI=1S/C9H9N3.C4H9O.Ir/c1-12-7-10-9(11-12)8-5-3-2-4-6-8;1-3-4(2)5;/h2-5,7,9H,1H3;4-5H,1,3H2,2H3;/q-2;-1;+3. The molecule has 100 valence electrons. The summed E-state index contributed by atoms with van der Waals surface area (Å²) >= 11 is 0. The van der Waals surface area contributed by atoms with Gasteiger partial charge in [0.2, 0.25) is 0 Å². The summed E-state index contributed by atoms with van der Waals surface area (Å²) in [5.41, 5.74) is 5.25. The van der Waals surface area contributed by atoms with Crippen molar-refractivity contribution in [3.05, 3.63) is 48.2 Å². The second kappa shape index (κ2) is 9.22. The Morgan fingerprint density at radius 2 is 2.28 bits per heavy atom. The van der Waals surface area contributed by atoms with Gasteiger partial charge in [-0.1, -0.05) is 0 Å². The second-order valence-corrected chi connectivity index (χ2v) is 3.78. The molecule has 1 aromatic rings. The third kappa shape index (κ3) is 6.26. The van der Waals surface area contributed by atoms with E-state index in [0.717, 1.165) is 5.56 Å². The molecule has 0 bridgehead atoms. The SMILES string of the molecule is CN1C=NC(c2[c-]cccc2)[N-]1.[CH2-]CC(C)O.[Ir+3]. The van der Waals surface area contributed by atoms with E-state index >= 15 is 0 Å². The van der Waals surface area contributed by atoms with Gasteiger partial charge in [0, 0.05) is 6.10 Å². The second-order valence-electron chi connectivity index (χ2n) is 3.78. The maximum Gasteiger partial charge on any atom is 3.00 e. The first-order valence-corrected chi connectivity index (χ1v) is 5.54. The maximum absolute atomic E-state index is 8.30. The van der Waals surface area contributed by atoms with Crippen LogP contribution in [-0.4, -0.2) is 29.6 Å². The summed E-state index contributed by atoms with van der Waals surface area (Å²) < 4.78 is 0. The van der Waals surface area contributed by atoms with Crippen LogP contribution in [0.15, 0.2) is 29.3 Å². The number of nitrogens with zero attached hydrogens (tertiary/aromatic N) is 3. The van der Waals surface area contributed by atoms with E-state index in [0.29, 0.717) is 6.42 Å². The Labute approximate surface area is 122 Å². The summed E-state index contributed by atoms with van der Waals surface area (Å²) in [4.78, 5) is 4.19. The molecule has 1 aliphatic heterocycles. The number of benzene rings is 1. The van der Waals surface area contributed by atoms with E-state index in [1.807, 2.05) is 31.3 Å². The van der Waals surface area contributed by atoms with Crippen molar-refractivity contribution in [3.63, 3.8) is 0 Å². The number of hydrogen-bond acceptors (Lipinski definition) is 3. The molecule has 0 saturated heterocycles. The molecule has 2 unspecified atom stereocenters. The average Bonchev–Trinajstić information content (AvgIpc) is 2.78. The largest absolute Gasteiger partial charge is 3.00 e. The molecule has 0 aromatic heterocycles. The minimum absolute atomic E-state index is 0. The zero-order chi connectivity index (χ0) is 12.7. The van der Waals surface area contributed by atoms with Crippen molar-refractivity contribution >= 4 is 6.34 Å². The number of hydrogen-bond donors (Lipinski definition) is 1. The summed E-state index contributed by atoms with van der Waals surface area (Å²) in [5, 5.41) is 10.0. The molecular formula is C13H18IrN3O. The Kier molecular flexibility index (Phi) is 8.84. The third-order valence-corrected chi connectivity index (χ3v) is 2.10. The molecule has 0 amide bonds. The van der Waals surface area contributed by atoms with Crippen molar-refractivity contribution in [2.45, 2.75) is 25.6 Å². The molecule has 5 heteroatoms. The van der Waals surface area contributed by atoms with E-state index in [2.05, 4.69) is 23.4 Å². The van der Waals surface area contributed by atoms with Gasteiger partial charge in [-0.25, -0.2) is 0 Å². The Balaban J connectivity index is 0.000000421. The van der Waals surface area contributed by atoms with Gasteiger partial charge in [0.05, 0.1) is 6.34 Å². The normalized spacial score (nSPS) is 18.7. The zero-order valence-corrected chi connectivity index (χ0v) is 13.0. The molecule has 0 radical (unpaired) electrons. The van der Waals surface area contributed by atoms with Gasteiger partial charge in [-0.2, -0.15) is 42.3 Å². The maximum atomic E-state index is 8.30. The summed E-state index contributed by atoms with van der Waals surface area (Å²) in [6.45, 7) is 5.15. The Hall–Kier alpha value is -0.741. The molecule has 0 fully saturated rings. The van der Waals surface area contributed by atoms with Crippen LogP contribution < -0.4 is 0 Å². The summed E-state index contributed by atoms with van der Waals surface area (Å²) in [7, 11) is 1.87. The van der Waals surface area contributed by atoms with Crippen LogP contribution >= 0.6 is 0 Å². The van der Waals surface area contributed by atoms with Crippen LogP contribution in [0.4, 0.5) is 0 Å².